The van der Waals surface area contributed by atoms with Gasteiger partial charge in [0.15, 0.2) is 6.10 Å². The van der Waals surface area contributed by atoms with Crippen molar-refractivity contribution in [3.63, 3.8) is 0 Å². The van der Waals surface area contributed by atoms with Crippen molar-refractivity contribution in [1.82, 2.24) is 5.32 Å². The molecule has 0 heterocycles. The number of amides is 1. The van der Waals surface area contributed by atoms with Crippen LogP contribution in [0, 0.1) is 5.92 Å². The van der Waals surface area contributed by atoms with E-state index in [2.05, 4.69) is 19.2 Å². The first-order valence-corrected chi connectivity index (χ1v) is 9.23. The van der Waals surface area contributed by atoms with E-state index in [1.807, 2.05) is 24.3 Å². The van der Waals surface area contributed by atoms with Gasteiger partial charge in [-0.15, -0.1) is 0 Å². The molecule has 2 aromatic rings. The van der Waals surface area contributed by atoms with Crippen molar-refractivity contribution >= 4 is 11.9 Å². The van der Waals surface area contributed by atoms with Gasteiger partial charge in [-0.1, -0.05) is 26.0 Å². The average molecular weight is 385 g/mol. The number of carbonyl (C=O) groups excluding carboxylic acids is 2. The van der Waals surface area contributed by atoms with E-state index >= 15 is 0 Å². The summed E-state index contributed by atoms with van der Waals surface area (Å²) in [5, 5.41) is 2.75. The summed E-state index contributed by atoms with van der Waals surface area (Å²) < 4.78 is 15.9. The normalized spacial score (nSPS) is 11.6. The number of esters is 1. The number of carbonyl (C=O) groups is 2. The molecule has 0 unspecified atom stereocenters. The van der Waals surface area contributed by atoms with Gasteiger partial charge in [-0.05, 0) is 54.8 Å². The van der Waals surface area contributed by atoms with E-state index in [0.717, 1.165) is 11.3 Å². The van der Waals surface area contributed by atoms with Gasteiger partial charge >= 0.3 is 5.97 Å². The van der Waals surface area contributed by atoms with E-state index in [-0.39, 0.29) is 5.91 Å². The second-order valence-electron chi connectivity index (χ2n) is 6.84. The Bertz CT molecular complexity index is 769. The van der Waals surface area contributed by atoms with Crippen LogP contribution >= 0.6 is 0 Å². The molecule has 2 aromatic carbocycles. The fourth-order valence-corrected chi connectivity index (χ4v) is 2.31. The van der Waals surface area contributed by atoms with Gasteiger partial charge in [0, 0.05) is 6.54 Å². The van der Waals surface area contributed by atoms with Crippen molar-refractivity contribution in [2.75, 3.05) is 13.7 Å². The predicted molar refractivity (Wildman–Crippen MR) is 106 cm³/mol. The Morgan fingerprint density at radius 2 is 1.54 bits per heavy atom. The van der Waals surface area contributed by atoms with Crippen LogP contribution in [-0.4, -0.2) is 31.7 Å². The van der Waals surface area contributed by atoms with Crippen LogP contribution in [0.2, 0.25) is 0 Å². The molecule has 1 amide bonds. The Hall–Kier alpha value is -3.02. The number of ether oxygens (including phenoxy) is 3. The molecule has 0 radical (unpaired) electrons. The molecular formula is C22H27NO5. The second kappa shape index (κ2) is 10.3. The van der Waals surface area contributed by atoms with E-state index < -0.39 is 12.1 Å². The highest BCUT2D eigenvalue weighted by Gasteiger charge is 2.18. The van der Waals surface area contributed by atoms with Crippen LogP contribution in [0.1, 0.15) is 36.7 Å². The van der Waals surface area contributed by atoms with E-state index in [9.17, 15) is 9.59 Å². The predicted octanol–water partition coefficient (Wildman–Crippen LogP) is 3.59. The van der Waals surface area contributed by atoms with Gasteiger partial charge in [-0.2, -0.15) is 0 Å². The molecule has 0 aromatic heterocycles. The number of rotatable bonds is 9. The molecule has 0 aliphatic rings. The summed E-state index contributed by atoms with van der Waals surface area (Å²) in [5.74, 6) is 0.944. The lowest BCUT2D eigenvalue weighted by molar-refractivity contribution is -0.129. The smallest absolute Gasteiger partial charge is 0.338 e. The lowest BCUT2D eigenvalue weighted by Crippen LogP contribution is -2.35. The van der Waals surface area contributed by atoms with Crippen LogP contribution in [0.15, 0.2) is 48.5 Å². The maximum Gasteiger partial charge on any atom is 0.338 e. The van der Waals surface area contributed by atoms with Crippen molar-refractivity contribution in [2.24, 2.45) is 5.92 Å². The topological polar surface area (TPSA) is 73.9 Å². The first-order valence-electron chi connectivity index (χ1n) is 9.23. The van der Waals surface area contributed by atoms with Crippen LogP contribution in [0.3, 0.4) is 0 Å². The van der Waals surface area contributed by atoms with Crippen molar-refractivity contribution in [1.29, 1.82) is 0 Å². The first-order chi connectivity index (χ1) is 13.4. The molecule has 0 bridgehead atoms. The molecule has 0 fully saturated rings. The SMILES string of the molecule is COc1ccc(CNC(=O)[C@H](C)OC(=O)c2ccc(OCC(C)C)cc2)cc1. The van der Waals surface area contributed by atoms with Crippen LogP contribution in [-0.2, 0) is 16.1 Å². The van der Waals surface area contributed by atoms with Crippen molar-refractivity contribution in [3.05, 3.63) is 59.7 Å². The molecule has 0 saturated carbocycles. The average Bonchev–Trinajstić information content (AvgIpc) is 2.71. The largest absolute Gasteiger partial charge is 0.497 e. The summed E-state index contributed by atoms with van der Waals surface area (Å²) >= 11 is 0. The standard InChI is InChI=1S/C22H27NO5/c1-15(2)14-27-20-11-7-18(8-12-20)22(25)28-16(3)21(24)23-13-17-5-9-19(26-4)10-6-17/h5-12,15-16H,13-14H2,1-4H3,(H,23,24)/t16-/m0/s1. The second-order valence-corrected chi connectivity index (χ2v) is 6.84. The fourth-order valence-electron chi connectivity index (χ4n) is 2.31. The minimum absolute atomic E-state index is 0.340. The fraction of sp³-hybridized carbons (Fsp3) is 0.364. The maximum absolute atomic E-state index is 12.2. The number of benzene rings is 2. The summed E-state index contributed by atoms with van der Waals surface area (Å²) in [6.45, 7) is 6.61. The number of hydrogen-bond acceptors (Lipinski definition) is 5. The molecule has 6 nitrogen and oxygen atoms in total. The van der Waals surface area contributed by atoms with Crippen molar-refractivity contribution in [3.8, 4) is 11.5 Å². The summed E-state index contributed by atoms with van der Waals surface area (Å²) in [6.07, 6.45) is -0.900. The van der Waals surface area contributed by atoms with Crippen LogP contribution in [0.5, 0.6) is 11.5 Å². The Morgan fingerprint density at radius 3 is 2.11 bits per heavy atom. The third-order valence-corrected chi connectivity index (χ3v) is 3.95. The van der Waals surface area contributed by atoms with E-state index in [1.54, 1.807) is 38.3 Å². The Labute approximate surface area is 165 Å². The molecule has 0 aliphatic carbocycles. The summed E-state index contributed by atoms with van der Waals surface area (Å²) in [7, 11) is 1.60. The van der Waals surface area contributed by atoms with Gasteiger partial charge in [0.2, 0.25) is 0 Å². The quantitative estimate of drug-likeness (QED) is 0.668. The van der Waals surface area contributed by atoms with Gasteiger partial charge in [-0.25, -0.2) is 4.79 Å². The zero-order valence-corrected chi connectivity index (χ0v) is 16.7. The molecule has 150 valence electrons. The van der Waals surface area contributed by atoms with Crippen molar-refractivity contribution < 1.29 is 23.8 Å². The van der Waals surface area contributed by atoms with Gasteiger partial charge in [-0.3, -0.25) is 4.79 Å². The summed E-state index contributed by atoms with van der Waals surface area (Å²) in [4.78, 5) is 24.4. The number of methoxy groups -OCH3 is 1. The van der Waals surface area contributed by atoms with Gasteiger partial charge < -0.3 is 19.5 Å². The molecule has 28 heavy (non-hydrogen) atoms. The highest BCUT2D eigenvalue weighted by molar-refractivity contribution is 5.92. The molecule has 0 saturated heterocycles. The van der Waals surface area contributed by atoms with E-state index in [1.165, 1.54) is 0 Å². The zero-order chi connectivity index (χ0) is 20.5. The molecule has 2 rings (SSSR count). The highest BCUT2D eigenvalue weighted by atomic mass is 16.5. The minimum Gasteiger partial charge on any atom is -0.497 e. The lowest BCUT2D eigenvalue weighted by Gasteiger charge is -2.14. The molecular weight excluding hydrogens is 358 g/mol. The Kier molecular flexibility index (Phi) is 7.87. The van der Waals surface area contributed by atoms with Gasteiger partial charge in [0.05, 0.1) is 19.3 Å². The number of hydrogen-bond donors (Lipinski definition) is 1. The molecule has 1 N–H and O–H groups in total. The van der Waals surface area contributed by atoms with Gasteiger partial charge in [0.1, 0.15) is 11.5 Å². The van der Waals surface area contributed by atoms with Gasteiger partial charge in [0.25, 0.3) is 5.91 Å². The highest BCUT2D eigenvalue weighted by Crippen LogP contribution is 2.15. The first kappa shape index (κ1) is 21.3. The Balaban J connectivity index is 1.82. The van der Waals surface area contributed by atoms with Crippen LogP contribution < -0.4 is 14.8 Å². The molecule has 0 aliphatic heterocycles. The minimum atomic E-state index is -0.900. The molecule has 6 heteroatoms. The Morgan fingerprint density at radius 1 is 0.929 bits per heavy atom. The summed E-state index contributed by atoms with van der Waals surface area (Å²) in [6, 6.07) is 14.0. The molecule has 0 spiro atoms. The summed E-state index contributed by atoms with van der Waals surface area (Å²) in [5.41, 5.74) is 1.29. The molecule has 1 atom stereocenters. The monoisotopic (exact) mass is 385 g/mol. The zero-order valence-electron chi connectivity index (χ0n) is 16.7. The maximum atomic E-state index is 12.2. The van der Waals surface area contributed by atoms with Crippen LogP contribution in [0.25, 0.3) is 0 Å². The van der Waals surface area contributed by atoms with Crippen LogP contribution in [0.4, 0.5) is 0 Å². The number of nitrogens with one attached hydrogen (secondary N) is 1. The third kappa shape index (κ3) is 6.61. The van der Waals surface area contributed by atoms with Crippen molar-refractivity contribution in [2.45, 2.75) is 33.4 Å². The van der Waals surface area contributed by atoms with E-state index in [0.29, 0.717) is 30.4 Å². The lowest BCUT2D eigenvalue weighted by atomic mass is 10.2. The van der Waals surface area contributed by atoms with E-state index in [4.69, 9.17) is 14.2 Å². The third-order valence-electron chi connectivity index (χ3n) is 3.95.